The molecule has 0 saturated heterocycles. The van der Waals surface area contributed by atoms with Crippen LogP contribution in [0.5, 0.6) is 5.75 Å². The minimum absolute atomic E-state index is 0.290. The zero-order chi connectivity index (χ0) is 17.5. The quantitative estimate of drug-likeness (QED) is 0.683. The molecule has 130 valence electrons. The van der Waals surface area contributed by atoms with Crippen LogP contribution in [0.15, 0.2) is 67.1 Å². The van der Waals surface area contributed by atoms with E-state index in [1.165, 1.54) is 5.56 Å². The van der Waals surface area contributed by atoms with Crippen molar-refractivity contribution in [3.8, 4) is 5.75 Å². The van der Waals surface area contributed by atoms with Gasteiger partial charge in [-0.3, -0.25) is 9.67 Å². The summed E-state index contributed by atoms with van der Waals surface area (Å²) >= 11 is 0. The van der Waals surface area contributed by atoms with Gasteiger partial charge in [-0.15, -0.1) is 0 Å². The fourth-order valence-electron chi connectivity index (χ4n) is 2.59. The maximum atomic E-state index is 5.84. The third kappa shape index (κ3) is 4.90. The van der Waals surface area contributed by atoms with Gasteiger partial charge in [-0.25, -0.2) is 0 Å². The number of nitrogens with zero attached hydrogens (tertiary/aromatic N) is 3. The summed E-state index contributed by atoms with van der Waals surface area (Å²) in [5, 5.41) is 7.87. The summed E-state index contributed by atoms with van der Waals surface area (Å²) in [6.07, 6.45) is 5.59. The first kappa shape index (κ1) is 17.2. The van der Waals surface area contributed by atoms with Crippen molar-refractivity contribution in [3.05, 3.63) is 78.4 Å². The van der Waals surface area contributed by atoms with E-state index in [1.54, 1.807) is 6.20 Å². The van der Waals surface area contributed by atoms with Crippen molar-refractivity contribution >= 4 is 0 Å². The van der Waals surface area contributed by atoms with Gasteiger partial charge in [0.05, 0.1) is 11.7 Å². The Balaban J connectivity index is 1.53. The van der Waals surface area contributed by atoms with Crippen molar-refractivity contribution in [1.29, 1.82) is 0 Å². The molecule has 0 fully saturated rings. The van der Waals surface area contributed by atoms with Crippen LogP contribution in [0.3, 0.4) is 0 Å². The van der Waals surface area contributed by atoms with E-state index >= 15 is 0 Å². The molecule has 2 unspecified atom stereocenters. The molecule has 3 rings (SSSR count). The average molecular weight is 336 g/mol. The van der Waals surface area contributed by atoms with Crippen LogP contribution in [-0.2, 0) is 13.2 Å². The molecule has 0 aliphatic heterocycles. The molecule has 0 bridgehead atoms. The van der Waals surface area contributed by atoms with E-state index in [-0.39, 0.29) is 0 Å². The topological polar surface area (TPSA) is 52.0 Å². The van der Waals surface area contributed by atoms with Crippen molar-refractivity contribution in [2.45, 2.75) is 39.1 Å². The summed E-state index contributed by atoms with van der Waals surface area (Å²) in [4.78, 5) is 4.27. The maximum absolute atomic E-state index is 5.84. The van der Waals surface area contributed by atoms with E-state index in [1.807, 2.05) is 53.5 Å². The highest BCUT2D eigenvalue weighted by molar-refractivity contribution is 5.28. The van der Waals surface area contributed by atoms with E-state index < -0.39 is 0 Å². The van der Waals surface area contributed by atoms with Gasteiger partial charge in [-0.05, 0) is 49.7 Å². The molecule has 1 N–H and O–H groups in total. The van der Waals surface area contributed by atoms with Gasteiger partial charge in [0.25, 0.3) is 0 Å². The number of pyridine rings is 1. The number of ether oxygens (including phenoxy) is 1. The Morgan fingerprint density at radius 2 is 2.00 bits per heavy atom. The number of hydrogen-bond acceptors (Lipinski definition) is 4. The minimum atomic E-state index is 0.290. The standard InChI is InChI=1S/C20H24N4O/c1-16(17(2)24-12-6-11-23-24)22-14-18-7-5-9-20(13-18)25-15-19-8-3-4-10-21-19/h3-13,16-17,22H,14-15H2,1-2H3. The van der Waals surface area contributed by atoms with Gasteiger partial charge < -0.3 is 10.1 Å². The lowest BCUT2D eigenvalue weighted by molar-refractivity contribution is 0.300. The van der Waals surface area contributed by atoms with E-state index in [0.717, 1.165) is 18.0 Å². The SMILES string of the molecule is CC(NCc1cccc(OCc2ccccn2)c1)C(C)n1cccn1. The molecule has 2 aromatic heterocycles. The molecule has 0 radical (unpaired) electrons. The minimum Gasteiger partial charge on any atom is -0.487 e. The van der Waals surface area contributed by atoms with E-state index in [2.05, 4.69) is 41.4 Å². The van der Waals surface area contributed by atoms with Gasteiger partial charge in [0, 0.05) is 31.2 Å². The average Bonchev–Trinajstić information content (AvgIpc) is 3.20. The summed E-state index contributed by atoms with van der Waals surface area (Å²) in [5.74, 6) is 0.859. The molecular formula is C20H24N4O. The largest absolute Gasteiger partial charge is 0.487 e. The van der Waals surface area contributed by atoms with Gasteiger partial charge in [-0.2, -0.15) is 5.10 Å². The Kier molecular flexibility index (Phi) is 5.80. The van der Waals surface area contributed by atoms with E-state index in [9.17, 15) is 0 Å². The normalized spacial score (nSPS) is 13.4. The highest BCUT2D eigenvalue weighted by Gasteiger charge is 2.13. The Bertz CT molecular complexity index is 758. The molecule has 0 aliphatic carbocycles. The Morgan fingerprint density at radius 1 is 1.08 bits per heavy atom. The highest BCUT2D eigenvalue weighted by Crippen LogP contribution is 2.16. The maximum Gasteiger partial charge on any atom is 0.130 e. The predicted molar refractivity (Wildman–Crippen MR) is 98.3 cm³/mol. The first-order valence-corrected chi connectivity index (χ1v) is 8.56. The fraction of sp³-hybridized carbons (Fsp3) is 0.300. The molecule has 5 nitrogen and oxygen atoms in total. The monoisotopic (exact) mass is 336 g/mol. The highest BCUT2D eigenvalue weighted by atomic mass is 16.5. The number of rotatable bonds is 8. The van der Waals surface area contributed by atoms with E-state index in [4.69, 9.17) is 4.74 Å². The molecule has 5 heteroatoms. The molecule has 0 aliphatic rings. The number of nitrogens with one attached hydrogen (secondary N) is 1. The third-order valence-electron chi connectivity index (χ3n) is 4.31. The molecule has 2 heterocycles. The lowest BCUT2D eigenvalue weighted by atomic mass is 10.1. The van der Waals surface area contributed by atoms with Gasteiger partial charge in [0.15, 0.2) is 0 Å². The second kappa shape index (κ2) is 8.44. The molecule has 3 aromatic rings. The van der Waals surface area contributed by atoms with Crippen LogP contribution in [0.25, 0.3) is 0 Å². The van der Waals surface area contributed by atoms with Crippen LogP contribution in [0.2, 0.25) is 0 Å². The molecule has 25 heavy (non-hydrogen) atoms. The summed E-state index contributed by atoms with van der Waals surface area (Å²) < 4.78 is 7.82. The van der Waals surface area contributed by atoms with Crippen molar-refractivity contribution in [2.24, 2.45) is 0 Å². The van der Waals surface area contributed by atoms with Crippen molar-refractivity contribution in [1.82, 2.24) is 20.1 Å². The first-order valence-electron chi connectivity index (χ1n) is 8.56. The summed E-state index contributed by atoms with van der Waals surface area (Å²) in [6.45, 7) is 5.60. The molecule has 0 spiro atoms. The number of aromatic nitrogens is 3. The Morgan fingerprint density at radius 3 is 2.76 bits per heavy atom. The molecule has 0 saturated carbocycles. The van der Waals surface area contributed by atoms with Gasteiger partial charge in [0.2, 0.25) is 0 Å². The van der Waals surface area contributed by atoms with E-state index in [0.29, 0.717) is 18.7 Å². The van der Waals surface area contributed by atoms with Crippen LogP contribution in [-0.4, -0.2) is 20.8 Å². The Labute approximate surface area is 148 Å². The predicted octanol–water partition coefficient (Wildman–Crippen LogP) is 3.60. The van der Waals surface area contributed by atoms with Crippen LogP contribution in [0.4, 0.5) is 0 Å². The third-order valence-corrected chi connectivity index (χ3v) is 4.31. The van der Waals surface area contributed by atoms with Crippen molar-refractivity contribution in [3.63, 3.8) is 0 Å². The molecule has 1 aromatic carbocycles. The lowest BCUT2D eigenvalue weighted by Gasteiger charge is -2.22. The number of hydrogen-bond donors (Lipinski definition) is 1. The van der Waals surface area contributed by atoms with Crippen LogP contribution < -0.4 is 10.1 Å². The smallest absolute Gasteiger partial charge is 0.130 e. The molecular weight excluding hydrogens is 312 g/mol. The zero-order valence-electron chi connectivity index (χ0n) is 14.7. The fourth-order valence-corrected chi connectivity index (χ4v) is 2.59. The first-order chi connectivity index (χ1) is 12.2. The number of benzene rings is 1. The van der Waals surface area contributed by atoms with Crippen molar-refractivity contribution in [2.75, 3.05) is 0 Å². The Hall–Kier alpha value is -2.66. The zero-order valence-corrected chi connectivity index (χ0v) is 14.7. The second-order valence-corrected chi connectivity index (χ2v) is 6.15. The second-order valence-electron chi connectivity index (χ2n) is 6.15. The van der Waals surface area contributed by atoms with Gasteiger partial charge in [0.1, 0.15) is 12.4 Å². The van der Waals surface area contributed by atoms with Gasteiger partial charge >= 0.3 is 0 Å². The summed E-state index contributed by atoms with van der Waals surface area (Å²) in [5.41, 5.74) is 2.12. The van der Waals surface area contributed by atoms with Crippen LogP contribution in [0, 0.1) is 0 Å². The van der Waals surface area contributed by atoms with Gasteiger partial charge in [-0.1, -0.05) is 18.2 Å². The van der Waals surface area contributed by atoms with Crippen LogP contribution >= 0.6 is 0 Å². The summed E-state index contributed by atoms with van der Waals surface area (Å²) in [7, 11) is 0. The molecule has 0 amide bonds. The van der Waals surface area contributed by atoms with Crippen LogP contribution in [0.1, 0.15) is 31.1 Å². The van der Waals surface area contributed by atoms with Crippen molar-refractivity contribution < 1.29 is 4.74 Å². The summed E-state index contributed by atoms with van der Waals surface area (Å²) in [6, 6.07) is 16.5. The molecule has 2 atom stereocenters. The lowest BCUT2D eigenvalue weighted by Crippen LogP contribution is -2.33.